The largest absolute Gasteiger partial charge is 0.473 e. The number of carbonyl (C=O) groups is 1. The van der Waals surface area contributed by atoms with Gasteiger partial charge in [-0.15, -0.1) is 0 Å². The molecule has 0 aromatic heterocycles. The van der Waals surface area contributed by atoms with Crippen LogP contribution in [0.3, 0.4) is 0 Å². The molecule has 0 spiro atoms. The molecule has 21 heavy (non-hydrogen) atoms. The lowest BCUT2D eigenvalue weighted by Crippen LogP contribution is -2.42. The molecule has 0 radical (unpaired) electrons. The highest BCUT2D eigenvalue weighted by Gasteiger charge is 2.09. The number of hydrogen-bond donors (Lipinski definition) is 2. The molecular formula is C15H24N2O4. The third-order valence-electron chi connectivity index (χ3n) is 2.63. The van der Waals surface area contributed by atoms with Gasteiger partial charge in [0.2, 0.25) is 0 Å². The van der Waals surface area contributed by atoms with Crippen molar-refractivity contribution < 1.29 is 19.0 Å². The Morgan fingerprint density at radius 1 is 1.10 bits per heavy atom. The van der Waals surface area contributed by atoms with E-state index in [1.807, 2.05) is 45.0 Å². The lowest BCUT2D eigenvalue weighted by molar-refractivity contribution is -0.131. The van der Waals surface area contributed by atoms with Crippen molar-refractivity contribution in [3.8, 4) is 5.75 Å². The Balaban J connectivity index is 2.19. The van der Waals surface area contributed by atoms with Crippen LogP contribution in [0.5, 0.6) is 5.75 Å². The van der Waals surface area contributed by atoms with Crippen molar-refractivity contribution in [1.29, 1.82) is 0 Å². The van der Waals surface area contributed by atoms with Crippen LogP contribution in [0.25, 0.3) is 0 Å². The second kappa shape index (κ2) is 10.0. The average molecular weight is 296 g/mol. The van der Waals surface area contributed by atoms with E-state index in [9.17, 15) is 4.79 Å². The van der Waals surface area contributed by atoms with E-state index in [1.165, 1.54) is 0 Å². The summed E-state index contributed by atoms with van der Waals surface area (Å²) in [6.45, 7) is 7.21. The van der Waals surface area contributed by atoms with Crippen molar-refractivity contribution in [2.24, 2.45) is 0 Å². The van der Waals surface area contributed by atoms with Gasteiger partial charge in [0.05, 0.1) is 6.54 Å². The van der Waals surface area contributed by atoms with Gasteiger partial charge in [-0.05, 0) is 32.9 Å². The topological polar surface area (TPSA) is 68.8 Å². The van der Waals surface area contributed by atoms with Crippen LogP contribution in [-0.4, -0.2) is 38.8 Å². The predicted molar refractivity (Wildman–Crippen MR) is 80.2 cm³/mol. The van der Waals surface area contributed by atoms with E-state index < -0.39 is 6.29 Å². The molecule has 0 aliphatic rings. The summed E-state index contributed by atoms with van der Waals surface area (Å²) in [5, 5.41) is 5.27. The fourth-order valence-corrected chi connectivity index (χ4v) is 1.60. The first-order valence-corrected chi connectivity index (χ1v) is 7.10. The summed E-state index contributed by atoms with van der Waals surface area (Å²) >= 11 is 0. The second-order valence-corrected chi connectivity index (χ2v) is 4.33. The minimum Gasteiger partial charge on any atom is -0.473 e. The zero-order valence-electron chi connectivity index (χ0n) is 12.8. The predicted octanol–water partition coefficient (Wildman–Crippen LogP) is 2.03. The minimum absolute atomic E-state index is 0.100. The molecule has 0 atom stereocenters. The first kappa shape index (κ1) is 17.3. The Hall–Kier alpha value is -1.79. The van der Waals surface area contributed by atoms with E-state index in [0.717, 1.165) is 5.56 Å². The van der Waals surface area contributed by atoms with Crippen LogP contribution >= 0.6 is 0 Å². The van der Waals surface area contributed by atoms with Crippen LogP contribution in [-0.2, 0) is 9.47 Å². The van der Waals surface area contributed by atoms with Crippen LogP contribution in [0.15, 0.2) is 24.3 Å². The summed E-state index contributed by atoms with van der Waals surface area (Å²) in [6, 6.07) is 7.28. The average Bonchev–Trinajstić information content (AvgIpc) is 2.47. The Morgan fingerprint density at radius 2 is 1.71 bits per heavy atom. The Bertz CT molecular complexity index is 403. The summed E-state index contributed by atoms with van der Waals surface area (Å²) < 4.78 is 16.0. The van der Waals surface area contributed by atoms with E-state index in [4.69, 9.17) is 14.2 Å². The van der Waals surface area contributed by atoms with Crippen LogP contribution in [0, 0.1) is 6.92 Å². The number of benzene rings is 1. The van der Waals surface area contributed by atoms with E-state index >= 15 is 0 Å². The molecule has 2 N–H and O–H groups in total. The number of nitrogens with one attached hydrogen (secondary N) is 2. The highest BCUT2D eigenvalue weighted by atomic mass is 16.7. The van der Waals surface area contributed by atoms with Crippen molar-refractivity contribution in [2.75, 3.05) is 26.5 Å². The Morgan fingerprint density at radius 3 is 2.29 bits per heavy atom. The third kappa shape index (κ3) is 7.53. The van der Waals surface area contributed by atoms with Gasteiger partial charge in [0.15, 0.2) is 13.0 Å². The van der Waals surface area contributed by atoms with E-state index in [1.54, 1.807) is 0 Å². The lowest BCUT2D eigenvalue weighted by atomic mass is 10.2. The number of rotatable bonds is 9. The molecule has 0 aliphatic heterocycles. The molecule has 0 bridgehead atoms. The fourth-order valence-electron chi connectivity index (χ4n) is 1.60. The van der Waals surface area contributed by atoms with Gasteiger partial charge in [-0.2, -0.15) is 0 Å². The molecule has 0 saturated carbocycles. The molecule has 2 amide bonds. The molecule has 0 saturated heterocycles. The van der Waals surface area contributed by atoms with Gasteiger partial charge in [-0.1, -0.05) is 17.7 Å². The van der Waals surface area contributed by atoms with E-state index in [0.29, 0.717) is 19.0 Å². The molecule has 6 nitrogen and oxygen atoms in total. The fraction of sp³-hybridized carbons (Fsp3) is 0.533. The molecular weight excluding hydrogens is 272 g/mol. The minimum atomic E-state index is -0.427. The van der Waals surface area contributed by atoms with Gasteiger partial charge < -0.3 is 24.8 Å². The van der Waals surface area contributed by atoms with Gasteiger partial charge in [0.25, 0.3) is 0 Å². The summed E-state index contributed by atoms with van der Waals surface area (Å²) in [5.41, 5.74) is 1.16. The number of hydrogen-bond acceptors (Lipinski definition) is 4. The number of amides is 2. The van der Waals surface area contributed by atoms with Crippen LogP contribution < -0.4 is 15.4 Å². The maximum Gasteiger partial charge on any atom is 0.317 e. The monoisotopic (exact) mass is 296 g/mol. The van der Waals surface area contributed by atoms with Gasteiger partial charge in [0, 0.05) is 13.2 Å². The van der Waals surface area contributed by atoms with Crippen molar-refractivity contribution in [3.05, 3.63) is 29.8 Å². The summed E-state index contributed by atoms with van der Waals surface area (Å²) in [4.78, 5) is 11.6. The SMILES string of the molecule is CCOC(CNC(=O)NCOc1ccc(C)cc1)OCC. The molecule has 0 aliphatic carbocycles. The Kier molecular flexibility index (Phi) is 8.23. The molecule has 0 unspecified atom stereocenters. The third-order valence-corrected chi connectivity index (χ3v) is 2.63. The number of carbonyl (C=O) groups excluding carboxylic acids is 1. The van der Waals surface area contributed by atoms with Crippen molar-refractivity contribution in [3.63, 3.8) is 0 Å². The standard InChI is InChI=1S/C15H24N2O4/c1-4-19-14(20-5-2)10-16-15(18)17-11-21-13-8-6-12(3)7-9-13/h6-9,14H,4-5,10-11H2,1-3H3,(H2,16,17,18). The lowest BCUT2D eigenvalue weighted by Gasteiger charge is -2.17. The normalized spacial score (nSPS) is 10.5. The van der Waals surface area contributed by atoms with Crippen LogP contribution in [0.4, 0.5) is 4.79 Å². The highest BCUT2D eigenvalue weighted by Crippen LogP contribution is 2.10. The zero-order valence-corrected chi connectivity index (χ0v) is 12.8. The molecule has 0 fully saturated rings. The maximum atomic E-state index is 11.6. The first-order valence-electron chi connectivity index (χ1n) is 7.10. The zero-order chi connectivity index (χ0) is 15.5. The highest BCUT2D eigenvalue weighted by molar-refractivity contribution is 5.73. The van der Waals surface area contributed by atoms with Crippen molar-refractivity contribution in [1.82, 2.24) is 10.6 Å². The van der Waals surface area contributed by atoms with Crippen LogP contribution in [0.1, 0.15) is 19.4 Å². The van der Waals surface area contributed by atoms with Gasteiger partial charge >= 0.3 is 6.03 Å². The molecule has 1 aromatic carbocycles. The number of ether oxygens (including phenoxy) is 3. The second-order valence-electron chi connectivity index (χ2n) is 4.33. The first-order chi connectivity index (χ1) is 10.2. The number of aryl methyl sites for hydroxylation is 1. The Labute approximate surface area is 125 Å². The van der Waals surface area contributed by atoms with Crippen LogP contribution in [0.2, 0.25) is 0 Å². The summed E-state index contributed by atoms with van der Waals surface area (Å²) in [5.74, 6) is 0.711. The van der Waals surface area contributed by atoms with Crippen molar-refractivity contribution in [2.45, 2.75) is 27.1 Å². The maximum absolute atomic E-state index is 11.6. The number of urea groups is 1. The van der Waals surface area contributed by atoms with Crippen molar-refractivity contribution >= 4 is 6.03 Å². The molecule has 118 valence electrons. The van der Waals surface area contributed by atoms with Gasteiger partial charge in [-0.3, -0.25) is 0 Å². The molecule has 1 rings (SSSR count). The summed E-state index contributed by atoms with van der Waals surface area (Å²) in [7, 11) is 0. The van der Waals surface area contributed by atoms with E-state index in [-0.39, 0.29) is 19.3 Å². The van der Waals surface area contributed by atoms with Gasteiger partial charge in [0.1, 0.15) is 5.75 Å². The van der Waals surface area contributed by atoms with E-state index in [2.05, 4.69) is 10.6 Å². The summed E-state index contributed by atoms with van der Waals surface area (Å²) in [6.07, 6.45) is -0.427. The molecule has 0 heterocycles. The quantitative estimate of drug-likeness (QED) is 0.684. The molecule has 1 aromatic rings. The molecule has 6 heteroatoms. The van der Waals surface area contributed by atoms with Gasteiger partial charge in [-0.25, -0.2) is 4.79 Å². The smallest absolute Gasteiger partial charge is 0.317 e.